The summed E-state index contributed by atoms with van der Waals surface area (Å²) in [6, 6.07) is 12.4. The van der Waals surface area contributed by atoms with Crippen LogP contribution in [0.4, 0.5) is 11.4 Å². The number of aromatic hydroxyl groups is 1. The monoisotopic (exact) mass is 242 g/mol. The highest BCUT2D eigenvalue weighted by molar-refractivity contribution is 5.86. The van der Waals surface area contributed by atoms with Gasteiger partial charge in [0.05, 0.1) is 11.4 Å². The maximum atomic E-state index is 9.66. The average molecular weight is 242 g/mol. The second-order valence-corrected chi connectivity index (χ2v) is 3.98. The lowest BCUT2D eigenvalue weighted by Crippen LogP contribution is -1.91. The summed E-state index contributed by atoms with van der Waals surface area (Å²) in [6.45, 7) is 1.99. The van der Waals surface area contributed by atoms with Crippen molar-refractivity contribution >= 4 is 17.6 Å². The molecule has 92 valence electrons. The summed E-state index contributed by atoms with van der Waals surface area (Å²) in [4.78, 5) is 4.28. The molecule has 18 heavy (non-hydrogen) atoms. The quantitative estimate of drug-likeness (QED) is 0.439. The summed E-state index contributed by atoms with van der Waals surface area (Å²) in [5.41, 5.74) is 5.01. The number of aliphatic imine (C=N–C) groups is 1. The van der Waals surface area contributed by atoms with Crippen LogP contribution in [0.5, 0.6) is 5.75 Å². The van der Waals surface area contributed by atoms with Crippen molar-refractivity contribution in [3.05, 3.63) is 53.6 Å². The number of benzene rings is 2. The van der Waals surface area contributed by atoms with E-state index in [-0.39, 0.29) is 5.75 Å². The summed E-state index contributed by atoms with van der Waals surface area (Å²) in [5.74, 6) is 0.116. The molecule has 3 N–H and O–H groups in total. The Hall–Kier alpha value is -2.33. The van der Waals surface area contributed by atoms with E-state index in [1.54, 1.807) is 18.3 Å². The summed E-state index contributed by atoms with van der Waals surface area (Å²) in [6.07, 6.45) is 1.56. The summed E-state index contributed by atoms with van der Waals surface area (Å²) < 4.78 is 0. The first-order valence-electron chi connectivity index (χ1n) is 5.53. The van der Waals surface area contributed by atoms with Crippen molar-refractivity contribution in [1.82, 2.24) is 0 Å². The van der Waals surface area contributed by atoms with Crippen LogP contribution in [0.2, 0.25) is 0 Å². The SMILES string of the molecule is Cc1cccc(N=Cc2cc(NO)ccc2O)c1. The van der Waals surface area contributed by atoms with Gasteiger partial charge < -0.3 is 5.11 Å². The molecule has 4 heteroatoms. The van der Waals surface area contributed by atoms with E-state index in [1.165, 1.54) is 6.07 Å². The van der Waals surface area contributed by atoms with E-state index in [0.29, 0.717) is 11.3 Å². The zero-order valence-electron chi connectivity index (χ0n) is 9.96. The molecule has 0 fully saturated rings. The van der Waals surface area contributed by atoms with Gasteiger partial charge in [-0.2, -0.15) is 0 Å². The van der Waals surface area contributed by atoms with Crippen LogP contribution in [0.25, 0.3) is 0 Å². The van der Waals surface area contributed by atoms with Crippen molar-refractivity contribution in [3.8, 4) is 5.75 Å². The molecule has 0 aromatic heterocycles. The van der Waals surface area contributed by atoms with E-state index in [4.69, 9.17) is 5.21 Å². The van der Waals surface area contributed by atoms with Crippen LogP contribution < -0.4 is 5.48 Å². The van der Waals surface area contributed by atoms with Crippen molar-refractivity contribution < 1.29 is 10.3 Å². The van der Waals surface area contributed by atoms with Gasteiger partial charge in [0.1, 0.15) is 5.75 Å². The van der Waals surface area contributed by atoms with E-state index in [0.717, 1.165) is 11.3 Å². The topological polar surface area (TPSA) is 64.9 Å². The fourth-order valence-electron chi connectivity index (χ4n) is 1.58. The lowest BCUT2D eigenvalue weighted by Gasteiger charge is -2.02. The van der Waals surface area contributed by atoms with E-state index >= 15 is 0 Å². The molecular weight excluding hydrogens is 228 g/mol. The second-order valence-electron chi connectivity index (χ2n) is 3.98. The van der Waals surface area contributed by atoms with Crippen LogP contribution in [0.1, 0.15) is 11.1 Å². The van der Waals surface area contributed by atoms with Crippen LogP contribution in [-0.2, 0) is 0 Å². The van der Waals surface area contributed by atoms with Gasteiger partial charge in [0.25, 0.3) is 0 Å². The molecule has 2 aromatic rings. The van der Waals surface area contributed by atoms with Gasteiger partial charge in [0.15, 0.2) is 0 Å². The molecule has 2 aromatic carbocycles. The van der Waals surface area contributed by atoms with E-state index in [9.17, 15) is 5.11 Å². The van der Waals surface area contributed by atoms with Crippen LogP contribution in [0.3, 0.4) is 0 Å². The fourth-order valence-corrected chi connectivity index (χ4v) is 1.58. The van der Waals surface area contributed by atoms with Gasteiger partial charge in [0, 0.05) is 11.8 Å². The molecule has 0 heterocycles. The molecule has 0 atom stereocenters. The molecule has 0 saturated carbocycles. The predicted molar refractivity (Wildman–Crippen MR) is 71.9 cm³/mol. The molecule has 0 amide bonds. The van der Waals surface area contributed by atoms with E-state index in [2.05, 4.69) is 4.99 Å². The van der Waals surface area contributed by atoms with Crippen molar-refractivity contribution in [3.63, 3.8) is 0 Å². The van der Waals surface area contributed by atoms with Crippen molar-refractivity contribution in [2.75, 3.05) is 5.48 Å². The standard InChI is InChI=1S/C14H14N2O2/c1-10-3-2-4-12(7-10)15-9-11-8-13(16-18)5-6-14(11)17/h2-9,16-18H,1H3. The summed E-state index contributed by atoms with van der Waals surface area (Å²) >= 11 is 0. The number of hydrogen-bond acceptors (Lipinski definition) is 4. The van der Waals surface area contributed by atoms with Gasteiger partial charge >= 0.3 is 0 Å². The first-order valence-corrected chi connectivity index (χ1v) is 5.53. The first kappa shape index (κ1) is 12.1. The lowest BCUT2D eigenvalue weighted by atomic mass is 10.2. The molecule has 0 saturated heterocycles. The van der Waals surface area contributed by atoms with Crippen molar-refractivity contribution in [1.29, 1.82) is 0 Å². The third kappa shape index (κ3) is 2.87. The molecule has 2 rings (SSSR count). The van der Waals surface area contributed by atoms with Crippen LogP contribution in [0, 0.1) is 6.92 Å². The molecule has 0 aliphatic carbocycles. The number of nitrogens with zero attached hydrogens (tertiary/aromatic N) is 1. The zero-order valence-corrected chi connectivity index (χ0v) is 9.96. The lowest BCUT2D eigenvalue weighted by molar-refractivity contribution is 0.388. The number of hydrogen-bond donors (Lipinski definition) is 3. The third-order valence-corrected chi connectivity index (χ3v) is 2.51. The van der Waals surface area contributed by atoms with Crippen molar-refractivity contribution in [2.45, 2.75) is 6.92 Å². The van der Waals surface area contributed by atoms with E-state index in [1.807, 2.05) is 36.7 Å². The molecule has 0 unspecified atom stereocenters. The first-order chi connectivity index (χ1) is 8.69. The highest BCUT2D eigenvalue weighted by Gasteiger charge is 1.99. The smallest absolute Gasteiger partial charge is 0.124 e. The van der Waals surface area contributed by atoms with Gasteiger partial charge in [-0.05, 0) is 42.8 Å². The zero-order chi connectivity index (χ0) is 13.0. The number of phenolic OH excluding ortho intramolecular Hbond substituents is 1. The van der Waals surface area contributed by atoms with Gasteiger partial charge in [-0.1, -0.05) is 12.1 Å². The second kappa shape index (κ2) is 5.33. The normalized spacial score (nSPS) is 10.8. The number of phenols is 1. The van der Waals surface area contributed by atoms with Gasteiger partial charge in [-0.3, -0.25) is 15.7 Å². The van der Waals surface area contributed by atoms with Crippen LogP contribution >= 0.6 is 0 Å². The number of rotatable bonds is 3. The average Bonchev–Trinajstić information content (AvgIpc) is 2.38. The predicted octanol–water partition coefficient (Wildman–Crippen LogP) is 3.25. The van der Waals surface area contributed by atoms with Gasteiger partial charge in [0.2, 0.25) is 0 Å². The van der Waals surface area contributed by atoms with Crippen LogP contribution in [-0.4, -0.2) is 16.5 Å². The fraction of sp³-hybridized carbons (Fsp3) is 0.0714. The van der Waals surface area contributed by atoms with Crippen LogP contribution in [0.15, 0.2) is 47.5 Å². The maximum absolute atomic E-state index is 9.66. The number of nitrogens with one attached hydrogen (secondary N) is 1. The minimum Gasteiger partial charge on any atom is -0.507 e. The Morgan fingerprint density at radius 3 is 2.72 bits per heavy atom. The molecule has 0 aliphatic heterocycles. The molecule has 4 nitrogen and oxygen atoms in total. The highest BCUT2D eigenvalue weighted by atomic mass is 16.5. The molecular formula is C14H14N2O2. The Morgan fingerprint density at radius 1 is 1.17 bits per heavy atom. The third-order valence-electron chi connectivity index (χ3n) is 2.51. The Balaban J connectivity index is 2.28. The minimum atomic E-state index is 0.116. The van der Waals surface area contributed by atoms with Gasteiger partial charge in [-0.15, -0.1) is 0 Å². The Morgan fingerprint density at radius 2 is 2.00 bits per heavy atom. The number of anilines is 1. The summed E-state index contributed by atoms with van der Waals surface area (Å²) in [7, 11) is 0. The van der Waals surface area contributed by atoms with Gasteiger partial charge in [-0.25, -0.2) is 0 Å². The van der Waals surface area contributed by atoms with E-state index < -0.39 is 0 Å². The minimum absolute atomic E-state index is 0.116. The summed E-state index contributed by atoms with van der Waals surface area (Å²) in [5, 5.41) is 18.5. The maximum Gasteiger partial charge on any atom is 0.124 e. The Kier molecular flexibility index (Phi) is 3.60. The molecule has 0 aliphatic rings. The Bertz CT molecular complexity index is 580. The highest BCUT2D eigenvalue weighted by Crippen LogP contribution is 2.21. The molecule has 0 radical (unpaired) electrons. The molecule has 0 bridgehead atoms. The Labute approximate surface area is 105 Å². The largest absolute Gasteiger partial charge is 0.507 e. The molecule has 0 spiro atoms. The van der Waals surface area contributed by atoms with Crippen molar-refractivity contribution in [2.24, 2.45) is 4.99 Å². The number of aryl methyl sites for hydroxylation is 1.